The number of carbonyl (C=O) groups is 1. The third-order valence-electron chi connectivity index (χ3n) is 3.64. The maximum Gasteiger partial charge on any atom is 0.228 e. The second-order valence-electron chi connectivity index (χ2n) is 5.20. The molecule has 22 heavy (non-hydrogen) atoms. The van der Waals surface area contributed by atoms with Gasteiger partial charge < -0.3 is 15.0 Å². The fourth-order valence-electron chi connectivity index (χ4n) is 2.54. The van der Waals surface area contributed by atoms with E-state index in [-0.39, 0.29) is 5.91 Å². The Morgan fingerprint density at radius 3 is 2.64 bits per heavy atom. The molecule has 1 saturated heterocycles. The van der Waals surface area contributed by atoms with Crippen molar-refractivity contribution in [2.45, 2.75) is 6.42 Å². The van der Waals surface area contributed by atoms with Crippen molar-refractivity contribution in [1.29, 1.82) is 0 Å². The molecule has 0 bridgehead atoms. The maximum absolute atomic E-state index is 12.2. The first-order valence-electron chi connectivity index (χ1n) is 7.43. The number of nitrogens with zero attached hydrogens (tertiary/aromatic N) is 2. The highest BCUT2D eigenvalue weighted by molar-refractivity contribution is 5.95. The number of hydrogen-bond donors (Lipinski definition) is 1. The van der Waals surface area contributed by atoms with Gasteiger partial charge in [0.2, 0.25) is 5.91 Å². The van der Waals surface area contributed by atoms with Gasteiger partial charge in [-0.3, -0.25) is 9.78 Å². The lowest BCUT2D eigenvalue weighted by Gasteiger charge is -2.30. The number of pyridine rings is 1. The second kappa shape index (κ2) is 7.04. The number of nitrogens with one attached hydrogen (secondary N) is 1. The molecule has 0 unspecified atom stereocenters. The molecule has 1 aromatic carbocycles. The van der Waals surface area contributed by atoms with Crippen molar-refractivity contribution >= 4 is 17.3 Å². The highest BCUT2D eigenvalue weighted by Crippen LogP contribution is 2.26. The molecule has 1 aromatic heterocycles. The summed E-state index contributed by atoms with van der Waals surface area (Å²) in [6, 6.07) is 11.6. The molecule has 5 heteroatoms. The minimum absolute atomic E-state index is 0.0214. The smallest absolute Gasteiger partial charge is 0.228 e. The van der Waals surface area contributed by atoms with Crippen molar-refractivity contribution in [3.63, 3.8) is 0 Å². The summed E-state index contributed by atoms with van der Waals surface area (Å²) in [5.74, 6) is -0.0214. The topological polar surface area (TPSA) is 54.5 Å². The maximum atomic E-state index is 12.2. The van der Waals surface area contributed by atoms with Gasteiger partial charge in [-0.25, -0.2) is 0 Å². The number of hydrogen-bond acceptors (Lipinski definition) is 4. The van der Waals surface area contributed by atoms with Crippen LogP contribution >= 0.6 is 0 Å². The monoisotopic (exact) mass is 297 g/mol. The molecular weight excluding hydrogens is 278 g/mol. The molecule has 1 aliphatic rings. The molecule has 5 nitrogen and oxygen atoms in total. The van der Waals surface area contributed by atoms with Crippen LogP contribution in [0.15, 0.2) is 48.8 Å². The molecule has 1 N–H and O–H groups in total. The molecule has 1 amide bonds. The summed E-state index contributed by atoms with van der Waals surface area (Å²) >= 11 is 0. The fourth-order valence-corrected chi connectivity index (χ4v) is 2.54. The molecule has 1 fully saturated rings. The van der Waals surface area contributed by atoms with E-state index in [4.69, 9.17) is 4.74 Å². The van der Waals surface area contributed by atoms with Crippen molar-refractivity contribution < 1.29 is 9.53 Å². The molecule has 1 aliphatic heterocycles. The van der Waals surface area contributed by atoms with Crippen molar-refractivity contribution in [3.8, 4) is 0 Å². The number of benzene rings is 1. The molecule has 0 saturated carbocycles. The van der Waals surface area contributed by atoms with Gasteiger partial charge in [-0.15, -0.1) is 0 Å². The number of ether oxygens (including phenoxy) is 1. The molecule has 114 valence electrons. The largest absolute Gasteiger partial charge is 0.378 e. The Balaban J connectivity index is 1.70. The summed E-state index contributed by atoms with van der Waals surface area (Å²) in [4.78, 5) is 18.4. The van der Waals surface area contributed by atoms with Crippen molar-refractivity contribution in [1.82, 2.24) is 4.98 Å². The molecule has 0 spiro atoms. The first kappa shape index (κ1) is 14.5. The number of morpholine rings is 1. The lowest BCUT2D eigenvalue weighted by atomic mass is 10.2. The van der Waals surface area contributed by atoms with E-state index in [1.165, 1.54) is 0 Å². The molecule has 2 aromatic rings. The predicted octanol–water partition coefficient (Wildman–Crippen LogP) is 2.10. The van der Waals surface area contributed by atoms with Gasteiger partial charge in [-0.05, 0) is 29.8 Å². The van der Waals surface area contributed by atoms with Crippen molar-refractivity contribution in [3.05, 3.63) is 54.4 Å². The summed E-state index contributed by atoms with van der Waals surface area (Å²) in [5.41, 5.74) is 2.86. The first-order valence-corrected chi connectivity index (χ1v) is 7.43. The van der Waals surface area contributed by atoms with Crippen LogP contribution < -0.4 is 10.2 Å². The average molecular weight is 297 g/mol. The van der Waals surface area contributed by atoms with Gasteiger partial charge in [0.05, 0.1) is 31.0 Å². The average Bonchev–Trinajstić information content (AvgIpc) is 2.57. The number of amides is 1. The van der Waals surface area contributed by atoms with E-state index >= 15 is 0 Å². The van der Waals surface area contributed by atoms with Crippen LogP contribution in [0.3, 0.4) is 0 Å². The Labute approximate surface area is 129 Å². The fraction of sp³-hybridized carbons (Fsp3) is 0.294. The zero-order valence-corrected chi connectivity index (χ0v) is 12.4. The summed E-state index contributed by atoms with van der Waals surface area (Å²) in [5, 5.41) is 3.01. The number of rotatable bonds is 4. The van der Waals surface area contributed by atoms with Crippen LogP contribution in [0.5, 0.6) is 0 Å². The summed E-state index contributed by atoms with van der Waals surface area (Å²) < 4.78 is 5.39. The van der Waals surface area contributed by atoms with Crippen LogP contribution in [0.25, 0.3) is 0 Å². The van der Waals surface area contributed by atoms with Crippen LogP contribution in [0.4, 0.5) is 11.4 Å². The molecule has 0 atom stereocenters. The van der Waals surface area contributed by atoms with E-state index in [2.05, 4.69) is 15.2 Å². The number of aromatic nitrogens is 1. The molecule has 3 rings (SSSR count). The quantitative estimate of drug-likeness (QED) is 0.939. The zero-order chi connectivity index (χ0) is 15.2. The van der Waals surface area contributed by atoms with Gasteiger partial charge in [-0.2, -0.15) is 0 Å². The van der Waals surface area contributed by atoms with Crippen molar-refractivity contribution in [2.24, 2.45) is 0 Å². The standard InChI is InChI=1S/C17H19N3O2/c21-17(13-14-5-7-18-8-6-14)19-15-3-1-2-4-16(15)20-9-11-22-12-10-20/h1-8H,9-13H2,(H,19,21). The number of para-hydroxylation sites is 2. The van der Waals surface area contributed by atoms with Gasteiger partial charge in [-0.1, -0.05) is 12.1 Å². The Bertz CT molecular complexity index is 625. The highest BCUT2D eigenvalue weighted by atomic mass is 16.5. The van der Waals surface area contributed by atoms with Gasteiger partial charge in [0, 0.05) is 25.5 Å². The zero-order valence-electron chi connectivity index (χ0n) is 12.4. The molecule has 2 heterocycles. The highest BCUT2D eigenvalue weighted by Gasteiger charge is 2.15. The van der Waals surface area contributed by atoms with Crippen LogP contribution in [0.1, 0.15) is 5.56 Å². The van der Waals surface area contributed by atoms with Gasteiger partial charge in [0.1, 0.15) is 0 Å². The van der Waals surface area contributed by atoms with E-state index < -0.39 is 0 Å². The lowest BCUT2D eigenvalue weighted by molar-refractivity contribution is -0.115. The van der Waals surface area contributed by atoms with Gasteiger partial charge in [0.25, 0.3) is 0 Å². The predicted molar refractivity (Wildman–Crippen MR) is 86.0 cm³/mol. The number of anilines is 2. The Hall–Kier alpha value is -2.40. The van der Waals surface area contributed by atoms with E-state index in [0.29, 0.717) is 6.42 Å². The number of carbonyl (C=O) groups excluding carboxylic acids is 1. The Morgan fingerprint density at radius 1 is 1.14 bits per heavy atom. The SMILES string of the molecule is O=C(Cc1ccncc1)Nc1ccccc1N1CCOCC1. The van der Waals surface area contributed by atoms with Crippen LogP contribution in [0, 0.1) is 0 Å². The van der Waals surface area contributed by atoms with Crippen molar-refractivity contribution in [2.75, 3.05) is 36.5 Å². The summed E-state index contributed by atoms with van der Waals surface area (Å²) in [6.07, 6.45) is 3.74. The van der Waals surface area contributed by atoms with Gasteiger partial charge in [0.15, 0.2) is 0 Å². The third-order valence-corrected chi connectivity index (χ3v) is 3.64. The summed E-state index contributed by atoms with van der Waals surface area (Å²) in [7, 11) is 0. The third kappa shape index (κ3) is 3.62. The van der Waals surface area contributed by atoms with Gasteiger partial charge >= 0.3 is 0 Å². The minimum Gasteiger partial charge on any atom is -0.378 e. The van der Waals surface area contributed by atoms with E-state index in [9.17, 15) is 4.79 Å². The first-order chi connectivity index (χ1) is 10.8. The minimum atomic E-state index is -0.0214. The van der Waals surface area contributed by atoms with E-state index in [1.807, 2.05) is 36.4 Å². The second-order valence-corrected chi connectivity index (χ2v) is 5.20. The Kier molecular flexibility index (Phi) is 4.65. The molecule has 0 radical (unpaired) electrons. The normalized spacial score (nSPS) is 14.6. The van der Waals surface area contributed by atoms with Crippen LogP contribution in [-0.2, 0) is 16.0 Å². The van der Waals surface area contributed by atoms with Crippen LogP contribution in [0.2, 0.25) is 0 Å². The summed E-state index contributed by atoms with van der Waals surface area (Å²) in [6.45, 7) is 3.13. The molecular formula is C17H19N3O2. The lowest BCUT2D eigenvalue weighted by Crippen LogP contribution is -2.36. The molecule has 0 aliphatic carbocycles. The van der Waals surface area contributed by atoms with E-state index in [0.717, 1.165) is 43.2 Å². The van der Waals surface area contributed by atoms with E-state index in [1.54, 1.807) is 12.4 Å². The van der Waals surface area contributed by atoms with Crippen LogP contribution in [-0.4, -0.2) is 37.2 Å². The Morgan fingerprint density at radius 2 is 1.86 bits per heavy atom.